The van der Waals surface area contributed by atoms with Crippen LogP contribution >= 0.6 is 40.1 Å². The van der Waals surface area contributed by atoms with Gasteiger partial charge in [-0.05, 0) is 37.5 Å². The number of amides is 1. The van der Waals surface area contributed by atoms with E-state index in [0.29, 0.717) is 0 Å². The van der Waals surface area contributed by atoms with Crippen molar-refractivity contribution in [2.75, 3.05) is 11.6 Å². The highest BCUT2D eigenvalue weighted by molar-refractivity contribution is 9.10. The number of hydrogen-bond acceptors (Lipinski definition) is 3. The summed E-state index contributed by atoms with van der Waals surface area (Å²) in [5.74, 6) is 1.89. The molecule has 2 atom stereocenters. The second-order valence-corrected chi connectivity index (χ2v) is 6.79. The molecule has 0 aliphatic carbocycles. The van der Waals surface area contributed by atoms with Crippen LogP contribution in [0.15, 0.2) is 28.7 Å². The number of nitrogens with one attached hydrogen (secondary N) is 2. The maximum atomic E-state index is 11.9. The molecule has 1 aliphatic rings. The molecule has 1 fully saturated rings. The molecule has 0 aromatic heterocycles. The summed E-state index contributed by atoms with van der Waals surface area (Å²) in [7, 11) is 0. The van der Waals surface area contributed by atoms with Crippen LogP contribution < -0.4 is 10.6 Å². The van der Waals surface area contributed by atoms with E-state index >= 15 is 0 Å². The van der Waals surface area contributed by atoms with Crippen LogP contribution in [0.25, 0.3) is 0 Å². The first kappa shape index (κ1) is 17.8. The molecule has 0 radical (unpaired) electrons. The van der Waals surface area contributed by atoms with Gasteiger partial charge in [0.05, 0.1) is 6.04 Å². The van der Waals surface area contributed by atoms with E-state index in [1.807, 2.05) is 0 Å². The first-order valence-electron chi connectivity index (χ1n) is 6.51. The van der Waals surface area contributed by atoms with Crippen molar-refractivity contribution >= 4 is 46.0 Å². The Morgan fingerprint density at radius 3 is 2.80 bits per heavy atom. The van der Waals surface area contributed by atoms with Gasteiger partial charge in [0.15, 0.2) is 0 Å². The summed E-state index contributed by atoms with van der Waals surface area (Å²) < 4.78 is 1.10. The van der Waals surface area contributed by atoms with Crippen LogP contribution in [-0.2, 0) is 11.2 Å². The third-order valence-corrected chi connectivity index (χ3v) is 4.67. The topological polar surface area (TPSA) is 41.1 Å². The van der Waals surface area contributed by atoms with Gasteiger partial charge in [0.25, 0.3) is 0 Å². The van der Waals surface area contributed by atoms with Crippen LogP contribution in [0.1, 0.15) is 18.9 Å². The average molecular weight is 380 g/mol. The molecular formula is C14H20BrClN2OS. The summed E-state index contributed by atoms with van der Waals surface area (Å²) in [5, 5.41) is 6.27. The fourth-order valence-corrected chi connectivity index (χ4v) is 3.22. The normalized spacial score (nSPS) is 19.2. The molecule has 1 saturated heterocycles. The van der Waals surface area contributed by atoms with Crippen molar-refractivity contribution in [3.8, 4) is 0 Å². The molecule has 2 N–H and O–H groups in total. The van der Waals surface area contributed by atoms with Crippen molar-refractivity contribution in [2.45, 2.75) is 31.8 Å². The molecule has 1 aromatic carbocycles. The highest BCUT2D eigenvalue weighted by atomic mass is 79.9. The SMILES string of the molecule is CC(CCc1ccc(Br)cc1)NC(=O)C1CSCN1.Cl. The van der Waals surface area contributed by atoms with E-state index in [4.69, 9.17) is 0 Å². The van der Waals surface area contributed by atoms with Crippen LogP contribution in [-0.4, -0.2) is 29.6 Å². The minimum absolute atomic E-state index is 0. The highest BCUT2D eigenvalue weighted by Crippen LogP contribution is 2.13. The van der Waals surface area contributed by atoms with Crippen molar-refractivity contribution in [3.63, 3.8) is 0 Å². The summed E-state index contributed by atoms with van der Waals surface area (Å²) in [6.45, 7) is 2.07. The summed E-state index contributed by atoms with van der Waals surface area (Å²) in [6.07, 6.45) is 1.95. The minimum atomic E-state index is -0.0138. The molecule has 0 spiro atoms. The molecule has 2 unspecified atom stereocenters. The van der Waals surface area contributed by atoms with Crippen molar-refractivity contribution in [1.82, 2.24) is 10.6 Å². The number of halogens is 2. The zero-order chi connectivity index (χ0) is 13.7. The van der Waals surface area contributed by atoms with Gasteiger partial charge >= 0.3 is 0 Å². The molecule has 0 bridgehead atoms. The highest BCUT2D eigenvalue weighted by Gasteiger charge is 2.23. The number of hydrogen-bond donors (Lipinski definition) is 2. The van der Waals surface area contributed by atoms with E-state index in [9.17, 15) is 4.79 Å². The lowest BCUT2D eigenvalue weighted by Gasteiger charge is -2.17. The first-order chi connectivity index (χ1) is 9.15. The Hall–Kier alpha value is -0.230. The lowest BCUT2D eigenvalue weighted by atomic mass is 10.1. The van der Waals surface area contributed by atoms with Gasteiger partial charge in [-0.1, -0.05) is 28.1 Å². The lowest BCUT2D eigenvalue weighted by Crippen LogP contribution is -2.45. The maximum Gasteiger partial charge on any atom is 0.238 e. The number of thioether (sulfide) groups is 1. The molecule has 3 nitrogen and oxygen atoms in total. The van der Waals surface area contributed by atoms with Crippen molar-refractivity contribution in [1.29, 1.82) is 0 Å². The van der Waals surface area contributed by atoms with Gasteiger partial charge in [0, 0.05) is 22.1 Å². The fraction of sp³-hybridized carbons (Fsp3) is 0.500. The van der Waals surface area contributed by atoms with Crippen LogP contribution in [0.3, 0.4) is 0 Å². The second-order valence-electron chi connectivity index (χ2n) is 4.85. The zero-order valence-corrected chi connectivity index (χ0v) is 14.6. The number of carbonyl (C=O) groups is 1. The van der Waals surface area contributed by atoms with Crippen LogP contribution in [0, 0.1) is 0 Å². The zero-order valence-electron chi connectivity index (χ0n) is 11.4. The Morgan fingerprint density at radius 2 is 2.20 bits per heavy atom. The molecule has 1 aliphatic heterocycles. The number of rotatable bonds is 5. The maximum absolute atomic E-state index is 11.9. The van der Waals surface area contributed by atoms with Gasteiger partial charge in [-0.25, -0.2) is 0 Å². The summed E-state index contributed by atoms with van der Waals surface area (Å²) >= 11 is 5.20. The lowest BCUT2D eigenvalue weighted by molar-refractivity contribution is -0.123. The van der Waals surface area contributed by atoms with Crippen molar-refractivity contribution in [3.05, 3.63) is 34.3 Å². The molecule has 20 heavy (non-hydrogen) atoms. The van der Waals surface area contributed by atoms with E-state index in [0.717, 1.165) is 28.9 Å². The van der Waals surface area contributed by atoms with Crippen molar-refractivity contribution < 1.29 is 4.79 Å². The van der Waals surface area contributed by atoms with Crippen LogP contribution in [0.2, 0.25) is 0 Å². The van der Waals surface area contributed by atoms with Crippen molar-refractivity contribution in [2.24, 2.45) is 0 Å². The molecule has 6 heteroatoms. The Kier molecular flexibility index (Phi) is 7.95. The van der Waals surface area contributed by atoms with Gasteiger partial charge < -0.3 is 5.32 Å². The van der Waals surface area contributed by atoms with Gasteiger partial charge in [-0.15, -0.1) is 24.2 Å². The average Bonchev–Trinajstić information content (AvgIpc) is 2.92. The summed E-state index contributed by atoms with van der Waals surface area (Å²) in [4.78, 5) is 11.9. The first-order valence-corrected chi connectivity index (χ1v) is 8.46. The fourth-order valence-electron chi connectivity index (χ4n) is 2.01. The third-order valence-electron chi connectivity index (χ3n) is 3.20. The Morgan fingerprint density at radius 1 is 1.50 bits per heavy atom. The Bertz CT molecular complexity index is 424. The van der Waals surface area contributed by atoms with E-state index < -0.39 is 0 Å². The minimum Gasteiger partial charge on any atom is -0.352 e. The molecule has 112 valence electrons. The molecule has 1 aromatic rings. The molecule has 1 amide bonds. The largest absolute Gasteiger partial charge is 0.352 e. The molecular weight excluding hydrogens is 360 g/mol. The summed E-state index contributed by atoms with van der Waals surface area (Å²) in [6, 6.07) is 8.54. The van der Waals surface area contributed by atoms with Gasteiger partial charge in [0.2, 0.25) is 5.91 Å². The smallest absolute Gasteiger partial charge is 0.238 e. The predicted molar refractivity (Wildman–Crippen MR) is 91.6 cm³/mol. The van der Waals surface area contributed by atoms with Crippen LogP contribution in [0.4, 0.5) is 0 Å². The van der Waals surface area contributed by atoms with Gasteiger partial charge in [-0.2, -0.15) is 0 Å². The Labute approximate surface area is 139 Å². The number of carbonyl (C=O) groups excluding carboxylic acids is 1. The van der Waals surface area contributed by atoms with Gasteiger partial charge in [-0.3, -0.25) is 10.1 Å². The van der Waals surface area contributed by atoms with E-state index in [1.165, 1.54) is 5.56 Å². The van der Waals surface area contributed by atoms with E-state index in [2.05, 4.69) is 57.8 Å². The number of aryl methyl sites for hydroxylation is 1. The standard InChI is InChI=1S/C14H19BrN2OS.ClH/c1-10(17-14(18)13-8-19-9-16-13)2-3-11-4-6-12(15)7-5-11;/h4-7,10,13,16H,2-3,8-9H2,1H3,(H,17,18);1H. The molecule has 0 saturated carbocycles. The van der Waals surface area contributed by atoms with E-state index in [1.54, 1.807) is 11.8 Å². The Balaban J connectivity index is 0.00000200. The predicted octanol–water partition coefficient (Wildman–Crippen LogP) is 2.97. The monoisotopic (exact) mass is 378 g/mol. The van der Waals surface area contributed by atoms with Crippen LogP contribution in [0.5, 0.6) is 0 Å². The summed E-state index contributed by atoms with van der Waals surface area (Å²) in [5.41, 5.74) is 1.30. The second kappa shape index (κ2) is 8.93. The molecule has 1 heterocycles. The molecule has 2 rings (SSSR count). The van der Waals surface area contributed by atoms with Gasteiger partial charge in [0.1, 0.15) is 0 Å². The third kappa shape index (κ3) is 5.64. The quantitative estimate of drug-likeness (QED) is 0.826. The van der Waals surface area contributed by atoms with E-state index in [-0.39, 0.29) is 30.4 Å². The number of benzene rings is 1.